The third-order valence-corrected chi connectivity index (χ3v) is 11.1. The lowest BCUT2D eigenvalue weighted by Crippen LogP contribution is -2.18. The van der Waals surface area contributed by atoms with Crippen molar-refractivity contribution in [1.82, 2.24) is 0 Å². The van der Waals surface area contributed by atoms with E-state index in [1.165, 1.54) is 33.5 Å². The summed E-state index contributed by atoms with van der Waals surface area (Å²) in [6.07, 6.45) is 1.89. The predicted octanol–water partition coefficient (Wildman–Crippen LogP) is 11.2. The number of methoxy groups -OCH3 is 3. The van der Waals surface area contributed by atoms with Gasteiger partial charge in [0.15, 0.2) is 30.4 Å². The molecule has 0 bridgehead atoms. The minimum atomic E-state index is -2.54. The molecule has 0 heterocycles. The second-order valence-electron chi connectivity index (χ2n) is 14.1. The zero-order valence-corrected chi connectivity index (χ0v) is 36.3. The number of hydrogen-bond donors (Lipinski definition) is 0. The molecule has 0 amide bonds. The Morgan fingerprint density at radius 2 is 0.871 bits per heavy atom. The first-order valence-corrected chi connectivity index (χ1v) is 21.1. The van der Waals surface area contributed by atoms with E-state index >= 15 is 4.79 Å². The maximum atomic E-state index is 15.2. The van der Waals surface area contributed by atoms with E-state index in [-0.39, 0.29) is 62.3 Å². The number of benzene rings is 6. The third-order valence-electron chi connectivity index (χ3n) is 9.00. The molecule has 0 radical (unpaired) electrons. The first-order chi connectivity index (χ1) is 30.0. The smallest absolute Gasteiger partial charge is 0.497 e. The topological polar surface area (TPSA) is 151 Å². The van der Waals surface area contributed by atoms with Gasteiger partial charge in [0.1, 0.15) is 40.2 Å². The number of ketones is 1. The van der Waals surface area contributed by atoms with Gasteiger partial charge in [-0.25, -0.2) is 0 Å². The van der Waals surface area contributed by atoms with E-state index < -0.39 is 28.4 Å². The fourth-order valence-corrected chi connectivity index (χ4v) is 8.19. The highest BCUT2D eigenvalue weighted by Crippen LogP contribution is 2.52. The predicted molar refractivity (Wildman–Crippen MR) is 234 cm³/mol. The van der Waals surface area contributed by atoms with Crippen LogP contribution in [0.4, 0.5) is 0 Å². The van der Waals surface area contributed by atoms with Crippen molar-refractivity contribution in [2.75, 3.05) is 21.3 Å². The van der Waals surface area contributed by atoms with Gasteiger partial charge in [-0.15, -0.1) is 0 Å². The van der Waals surface area contributed by atoms with Crippen LogP contribution in [0.15, 0.2) is 127 Å². The molecule has 1 unspecified atom stereocenters. The number of hydrogen-bond acceptors (Lipinski definition) is 13. The summed E-state index contributed by atoms with van der Waals surface area (Å²) in [4.78, 5) is 51.3. The number of para-hydroxylation sites is 5. The SMILES string of the molecule is COc1ccc(C(=O)c2ccc(OC)c(C(C)(C)C)c2OP(Oc2ccccc2C=O)Oc2ccccc2OC)c(OP(Oc2ccccc2C=O)Oc2ccccc2C=O)c1. The van der Waals surface area contributed by atoms with E-state index in [4.69, 9.17) is 41.4 Å². The van der Waals surface area contributed by atoms with Crippen molar-refractivity contribution >= 4 is 41.8 Å². The van der Waals surface area contributed by atoms with Gasteiger partial charge in [0.2, 0.25) is 5.78 Å². The highest BCUT2D eigenvalue weighted by atomic mass is 31.2. The largest absolute Gasteiger partial charge is 0.530 e. The van der Waals surface area contributed by atoms with Crippen molar-refractivity contribution in [1.29, 1.82) is 0 Å². The average molecular weight is 877 g/mol. The van der Waals surface area contributed by atoms with E-state index in [2.05, 4.69) is 0 Å². The number of carbonyl (C=O) groups excluding carboxylic acids is 4. The molecular formula is C47H42O13P2. The molecule has 13 nitrogen and oxygen atoms in total. The summed E-state index contributed by atoms with van der Waals surface area (Å²) in [6.45, 7) is 5.78. The lowest BCUT2D eigenvalue weighted by molar-refractivity contribution is 0.103. The molecular weight excluding hydrogens is 834 g/mol. The Balaban J connectivity index is 1.50. The normalized spacial score (nSPS) is 11.4. The van der Waals surface area contributed by atoms with Gasteiger partial charge in [-0.1, -0.05) is 69.3 Å². The summed E-state index contributed by atoms with van der Waals surface area (Å²) >= 11 is 0. The van der Waals surface area contributed by atoms with Gasteiger partial charge in [0.05, 0.1) is 49.1 Å². The van der Waals surface area contributed by atoms with Crippen LogP contribution in [0.25, 0.3) is 0 Å². The van der Waals surface area contributed by atoms with Crippen LogP contribution in [-0.4, -0.2) is 46.0 Å². The first-order valence-electron chi connectivity index (χ1n) is 18.9. The van der Waals surface area contributed by atoms with E-state index in [0.29, 0.717) is 41.7 Å². The van der Waals surface area contributed by atoms with Gasteiger partial charge in [-0.05, 0) is 78.2 Å². The standard InChI is InChI=1S/C47H42O13P2/c1-47(2,3)44-42(54-6)26-25-36(46(44)60-62(57-39-20-12-9-17-33(39)30-50)58-41-22-14-13-21-40(41)53-5)45(51)35-24-23-34(52-4)27-43(35)59-61(55-37-18-10-7-15-31(37)28-48)56-38-19-11-8-16-32(38)29-49/h7-30H,1-6H3. The van der Waals surface area contributed by atoms with Gasteiger partial charge in [0.25, 0.3) is 0 Å². The molecule has 0 spiro atoms. The molecule has 15 heteroatoms. The molecule has 6 aromatic rings. The fraction of sp³-hybridized carbons (Fsp3) is 0.149. The molecule has 62 heavy (non-hydrogen) atoms. The molecule has 0 fully saturated rings. The first kappa shape index (κ1) is 44.6. The van der Waals surface area contributed by atoms with Crippen LogP contribution in [0.2, 0.25) is 0 Å². The minimum Gasteiger partial charge on any atom is -0.497 e. The Labute approximate surface area is 361 Å². The van der Waals surface area contributed by atoms with E-state index in [9.17, 15) is 14.4 Å². The summed E-state index contributed by atoms with van der Waals surface area (Å²) in [7, 11) is -0.601. The van der Waals surface area contributed by atoms with Gasteiger partial charge in [0, 0.05) is 11.6 Å². The average Bonchev–Trinajstić information content (AvgIpc) is 3.28. The molecule has 0 aliphatic rings. The summed E-state index contributed by atoms with van der Waals surface area (Å²) in [5.41, 5.74) is 0.506. The lowest BCUT2D eigenvalue weighted by atomic mass is 9.83. The molecule has 1 atom stereocenters. The number of carbonyl (C=O) groups is 4. The summed E-state index contributed by atoms with van der Waals surface area (Å²) < 4.78 is 55.2. The molecule has 0 saturated heterocycles. The Morgan fingerprint density at radius 3 is 1.34 bits per heavy atom. The Hall–Kier alpha value is -6.94. The van der Waals surface area contributed by atoms with Gasteiger partial charge < -0.3 is 41.4 Å². The lowest BCUT2D eigenvalue weighted by Gasteiger charge is -2.28. The fourth-order valence-electron chi connectivity index (χ4n) is 6.02. The van der Waals surface area contributed by atoms with Crippen molar-refractivity contribution in [2.45, 2.75) is 26.2 Å². The summed E-state index contributed by atoms with van der Waals surface area (Å²) in [6, 6.07) is 34.1. The summed E-state index contributed by atoms with van der Waals surface area (Å²) in [5.74, 6) is 1.26. The maximum absolute atomic E-state index is 15.2. The van der Waals surface area contributed by atoms with Gasteiger partial charge in [-0.2, -0.15) is 0 Å². The number of rotatable bonds is 20. The highest BCUT2D eigenvalue weighted by molar-refractivity contribution is 7.43. The van der Waals surface area contributed by atoms with Crippen molar-refractivity contribution in [3.8, 4) is 51.7 Å². The zero-order chi connectivity index (χ0) is 44.2. The third kappa shape index (κ3) is 10.5. The second-order valence-corrected chi connectivity index (χ2v) is 16.1. The van der Waals surface area contributed by atoms with E-state index in [1.54, 1.807) is 115 Å². The Kier molecular flexibility index (Phi) is 14.8. The summed E-state index contributed by atoms with van der Waals surface area (Å²) in [5, 5.41) is 0. The molecule has 0 aliphatic heterocycles. The minimum absolute atomic E-state index is 0.0231. The molecule has 318 valence electrons. The van der Waals surface area contributed by atoms with E-state index in [1.807, 2.05) is 20.8 Å². The van der Waals surface area contributed by atoms with E-state index in [0.717, 1.165) is 0 Å². The van der Waals surface area contributed by atoms with Crippen LogP contribution in [0.1, 0.15) is 73.3 Å². The van der Waals surface area contributed by atoms with Crippen molar-refractivity contribution in [3.05, 3.63) is 161 Å². The molecule has 0 aliphatic carbocycles. The van der Waals surface area contributed by atoms with Gasteiger partial charge >= 0.3 is 17.2 Å². The van der Waals surface area contributed by atoms with Crippen LogP contribution in [0.5, 0.6) is 51.7 Å². The quantitative estimate of drug-likeness (QED) is 0.0407. The van der Waals surface area contributed by atoms with Crippen molar-refractivity contribution in [2.24, 2.45) is 0 Å². The molecule has 0 aromatic heterocycles. The Morgan fingerprint density at radius 1 is 0.452 bits per heavy atom. The second kappa shape index (κ2) is 20.5. The Bertz CT molecular complexity index is 2500. The molecule has 6 rings (SSSR count). The van der Waals surface area contributed by atoms with Crippen LogP contribution in [0, 0.1) is 0 Å². The zero-order valence-electron chi connectivity index (χ0n) is 34.6. The number of aldehydes is 3. The van der Waals surface area contributed by atoms with Crippen LogP contribution in [0.3, 0.4) is 0 Å². The maximum Gasteiger partial charge on any atom is 0.530 e. The van der Waals surface area contributed by atoms with Crippen LogP contribution < -0.4 is 41.4 Å². The number of ether oxygens (including phenoxy) is 3. The van der Waals surface area contributed by atoms with Crippen molar-refractivity contribution in [3.63, 3.8) is 0 Å². The molecule has 0 saturated carbocycles. The molecule has 6 aromatic carbocycles. The molecule has 0 N–H and O–H groups in total. The highest BCUT2D eigenvalue weighted by Gasteiger charge is 2.35. The monoisotopic (exact) mass is 876 g/mol. The van der Waals surface area contributed by atoms with Crippen LogP contribution >= 0.6 is 17.2 Å². The van der Waals surface area contributed by atoms with Gasteiger partial charge in [-0.3, -0.25) is 19.2 Å². The van der Waals surface area contributed by atoms with Crippen LogP contribution in [-0.2, 0) is 5.41 Å². The van der Waals surface area contributed by atoms with Crippen molar-refractivity contribution < 1.29 is 60.5 Å².